The first kappa shape index (κ1) is 15.6. The topological polar surface area (TPSA) is 42.2 Å². The zero-order valence-electron chi connectivity index (χ0n) is 13.6. The molecule has 0 saturated heterocycles. The molecule has 3 aromatic carbocycles. The number of methoxy groups -OCH3 is 2. The third-order valence-corrected chi connectivity index (χ3v) is 3.92. The number of benzene rings is 3. The van der Waals surface area contributed by atoms with E-state index in [1.165, 1.54) is 0 Å². The van der Waals surface area contributed by atoms with Gasteiger partial charge in [-0.05, 0) is 34.5 Å². The Labute approximate surface area is 141 Å². The second-order valence-electron chi connectivity index (χ2n) is 5.31. The van der Waals surface area contributed by atoms with Gasteiger partial charge in [0.25, 0.3) is 0 Å². The summed E-state index contributed by atoms with van der Waals surface area (Å²) in [5.74, 6) is 1.31. The molecule has 0 atom stereocenters. The van der Waals surface area contributed by atoms with Gasteiger partial charge in [0.1, 0.15) is 0 Å². The molecule has 0 aromatic heterocycles. The van der Waals surface area contributed by atoms with Crippen LogP contribution in [0.25, 0.3) is 22.4 Å². The average molecular weight is 315 g/mol. The number of hydrogen-bond donors (Lipinski definition) is 0. The Bertz CT molecular complexity index is 946. The summed E-state index contributed by atoms with van der Waals surface area (Å²) < 4.78 is 10.6. The Balaban J connectivity index is 2.12. The van der Waals surface area contributed by atoms with Crippen molar-refractivity contribution in [3.8, 4) is 17.6 Å². The van der Waals surface area contributed by atoms with Crippen LogP contribution < -0.4 is 9.47 Å². The van der Waals surface area contributed by atoms with Crippen LogP contribution in [0.15, 0.2) is 60.7 Å². The maximum atomic E-state index is 9.65. The molecule has 0 fully saturated rings. The third kappa shape index (κ3) is 2.95. The van der Waals surface area contributed by atoms with Crippen LogP contribution >= 0.6 is 0 Å². The van der Waals surface area contributed by atoms with Crippen molar-refractivity contribution < 1.29 is 9.47 Å². The van der Waals surface area contributed by atoms with Crippen molar-refractivity contribution in [1.29, 1.82) is 5.26 Å². The van der Waals surface area contributed by atoms with Gasteiger partial charge >= 0.3 is 0 Å². The summed E-state index contributed by atoms with van der Waals surface area (Å²) in [5, 5.41) is 11.8. The predicted octanol–water partition coefficient (Wildman–Crippen LogP) is 4.92. The zero-order chi connectivity index (χ0) is 16.9. The molecule has 118 valence electrons. The van der Waals surface area contributed by atoms with E-state index >= 15 is 0 Å². The lowest BCUT2D eigenvalue weighted by Crippen LogP contribution is -1.91. The molecule has 0 aliphatic carbocycles. The van der Waals surface area contributed by atoms with E-state index in [4.69, 9.17) is 9.47 Å². The van der Waals surface area contributed by atoms with E-state index in [1.54, 1.807) is 14.2 Å². The molecule has 0 radical (unpaired) electrons. The summed E-state index contributed by atoms with van der Waals surface area (Å²) in [4.78, 5) is 0. The smallest absolute Gasteiger partial charge is 0.161 e. The van der Waals surface area contributed by atoms with Gasteiger partial charge in [0.05, 0.1) is 25.9 Å². The van der Waals surface area contributed by atoms with Crippen LogP contribution in [-0.2, 0) is 0 Å². The van der Waals surface area contributed by atoms with Gasteiger partial charge in [-0.2, -0.15) is 5.26 Å². The highest BCUT2D eigenvalue weighted by atomic mass is 16.5. The molecule has 3 aromatic rings. The van der Waals surface area contributed by atoms with Gasteiger partial charge in [-0.3, -0.25) is 0 Å². The van der Waals surface area contributed by atoms with Gasteiger partial charge in [0.2, 0.25) is 0 Å². The van der Waals surface area contributed by atoms with Crippen LogP contribution in [0.5, 0.6) is 11.5 Å². The molecule has 0 unspecified atom stereocenters. The van der Waals surface area contributed by atoms with Crippen molar-refractivity contribution in [2.45, 2.75) is 0 Å². The van der Waals surface area contributed by atoms with Gasteiger partial charge in [-0.1, -0.05) is 48.5 Å². The van der Waals surface area contributed by atoms with Crippen LogP contribution in [0, 0.1) is 11.3 Å². The first-order valence-electron chi connectivity index (χ1n) is 7.59. The fraction of sp³-hybridized carbons (Fsp3) is 0.0952. The molecule has 24 heavy (non-hydrogen) atoms. The molecule has 0 amide bonds. The summed E-state index contributed by atoms with van der Waals surface area (Å²) in [7, 11) is 3.20. The molecule has 0 saturated carbocycles. The number of allylic oxidation sites excluding steroid dienone is 1. The fourth-order valence-corrected chi connectivity index (χ4v) is 2.74. The summed E-state index contributed by atoms with van der Waals surface area (Å²) in [6, 6.07) is 22.0. The number of ether oxygens (including phenoxy) is 2. The van der Waals surface area contributed by atoms with Crippen LogP contribution in [-0.4, -0.2) is 14.2 Å². The van der Waals surface area contributed by atoms with E-state index in [0.29, 0.717) is 17.1 Å². The Kier molecular flexibility index (Phi) is 4.49. The third-order valence-electron chi connectivity index (χ3n) is 3.92. The van der Waals surface area contributed by atoms with E-state index in [9.17, 15) is 5.26 Å². The minimum atomic E-state index is 0.610. The van der Waals surface area contributed by atoms with E-state index < -0.39 is 0 Å². The van der Waals surface area contributed by atoms with Crippen molar-refractivity contribution in [2.75, 3.05) is 14.2 Å². The van der Waals surface area contributed by atoms with Gasteiger partial charge in [-0.25, -0.2) is 0 Å². The summed E-state index contributed by atoms with van der Waals surface area (Å²) in [6.45, 7) is 0. The monoisotopic (exact) mass is 315 g/mol. The highest BCUT2D eigenvalue weighted by molar-refractivity contribution is 6.01. The molecule has 0 N–H and O–H groups in total. The van der Waals surface area contributed by atoms with Crippen LogP contribution in [0.2, 0.25) is 0 Å². The largest absolute Gasteiger partial charge is 0.493 e. The van der Waals surface area contributed by atoms with Gasteiger partial charge in [-0.15, -0.1) is 0 Å². The van der Waals surface area contributed by atoms with E-state index in [0.717, 1.165) is 21.9 Å². The molecule has 0 aliphatic heterocycles. The number of hydrogen-bond acceptors (Lipinski definition) is 3. The lowest BCUT2D eigenvalue weighted by atomic mass is 9.97. The van der Waals surface area contributed by atoms with Crippen LogP contribution in [0.1, 0.15) is 11.1 Å². The normalized spacial score (nSPS) is 11.1. The van der Waals surface area contributed by atoms with Crippen molar-refractivity contribution in [3.05, 3.63) is 71.8 Å². The number of nitriles is 1. The standard InChI is InChI=1S/C21H17NO2/c1-23-20-11-10-15(13-21(20)24-2)12-17(14-22)19-9-5-7-16-6-3-4-8-18(16)19/h3-13H,1-2H3/b17-12-. The Morgan fingerprint density at radius 3 is 2.42 bits per heavy atom. The molecule has 0 bridgehead atoms. The molecule has 0 heterocycles. The van der Waals surface area contributed by atoms with E-state index in [-0.39, 0.29) is 0 Å². The fourth-order valence-electron chi connectivity index (χ4n) is 2.74. The molecular weight excluding hydrogens is 298 g/mol. The minimum Gasteiger partial charge on any atom is -0.493 e. The lowest BCUT2D eigenvalue weighted by Gasteiger charge is -2.09. The molecule has 0 spiro atoms. The van der Waals surface area contributed by atoms with Crippen molar-refractivity contribution in [2.24, 2.45) is 0 Å². The second-order valence-corrected chi connectivity index (χ2v) is 5.31. The second kappa shape index (κ2) is 6.89. The molecule has 0 aliphatic rings. The minimum absolute atomic E-state index is 0.610. The first-order chi connectivity index (χ1) is 11.8. The van der Waals surface area contributed by atoms with Crippen LogP contribution in [0.4, 0.5) is 0 Å². The van der Waals surface area contributed by atoms with Gasteiger partial charge in [0.15, 0.2) is 11.5 Å². The molecule has 3 nitrogen and oxygen atoms in total. The first-order valence-corrected chi connectivity index (χ1v) is 7.59. The number of fused-ring (bicyclic) bond motifs is 1. The maximum Gasteiger partial charge on any atom is 0.161 e. The molecule has 3 rings (SSSR count). The Hall–Kier alpha value is -3.25. The predicted molar refractivity (Wildman–Crippen MR) is 97.0 cm³/mol. The van der Waals surface area contributed by atoms with Crippen molar-refractivity contribution >= 4 is 22.4 Å². The van der Waals surface area contributed by atoms with Gasteiger partial charge in [0, 0.05) is 5.56 Å². The number of rotatable bonds is 4. The average Bonchev–Trinajstić information content (AvgIpc) is 2.65. The van der Waals surface area contributed by atoms with Gasteiger partial charge < -0.3 is 9.47 Å². The van der Waals surface area contributed by atoms with E-state index in [2.05, 4.69) is 6.07 Å². The number of nitrogens with zero attached hydrogens (tertiary/aromatic N) is 1. The quantitative estimate of drug-likeness (QED) is 0.507. The Morgan fingerprint density at radius 2 is 1.67 bits per heavy atom. The van der Waals surface area contributed by atoms with Crippen molar-refractivity contribution in [1.82, 2.24) is 0 Å². The highest BCUT2D eigenvalue weighted by Gasteiger charge is 2.08. The van der Waals surface area contributed by atoms with Crippen LogP contribution in [0.3, 0.4) is 0 Å². The molecular formula is C21H17NO2. The molecule has 3 heteroatoms. The summed E-state index contributed by atoms with van der Waals surface area (Å²) in [5.41, 5.74) is 2.42. The SMILES string of the molecule is COc1ccc(/C=C(/C#N)c2cccc3ccccc23)cc1OC. The zero-order valence-corrected chi connectivity index (χ0v) is 13.6. The summed E-state index contributed by atoms with van der Waals surface area (Å²) in [6.07, 6.45) is 1.86. The van der Waals surface area contributed by atoms with Crippen molar-refractivity contribution in [3.63, 3.8) is 0 Å². The Morgan fingerprint density at radius 1 is 0.917 bits per heavy atom. The highest BCUT2D eigenvalue weighted by Crippen LogP contribution is 2.31. The lowest BCUT2D eigenvalue weighted by molar-refractivity contribution is 0.355. The van der Waals surface area contributed by atoms with E-state index in [1.807, 2.05) is 66.7 Å². The summed E-state index contributed by atoms with van der Waals surface area (Å²) >= 11 is 0. The maximum absolute atomic E-state index is 9.65.